The maximum atomic E-state index is 12.7. The van der Waals surface area contributed by atoms with Crippen LogP contribution in [0.3, 0.4) is 0 Å². The van der Waals surface area contributed by atoms with Crippen LogP contribution in [0.4, 0.5) is 10.5 Å². The molecule has 0 bridgehead atoms. The number of hydrogen-bond acceptors (Lipinski definition) is 3. The van der Waals surface area contributed by atoms with Gasteiger partial charge in [-0.15, -0.1) is 0 Å². The summed E-state index contributed by atoms with van der Waals surface area (Å²) in [7, 11) is 0. The molecule has 2 aromatic carbocycles. The number of aryl methyl sites for hydroxylation is 1. The van der Waals surface area contributed by atoms with Crippen molar-refractivity contribution in [2.45, 2.75) is 39.4 Å². The summed E-state index contributed by atoms with van der Waals surface area (Å²) in [4.78, 5) is 26.5. The van der Waals surface area contributed by atoms with Gasteiger partial charge in [0.1, 0.15) is 0 Å². The first-order chi connectivity index (χ1) is 14.1. The number of anilines is 1. The van der Waals surface area contributed by atoms with Crippen LogP contribution in [-0.4, -0.2) is 42.6 Å². The highest BCUT2D eigenvalue weighted by atomic mass is 16.5. The Bertz CT molecular complexity index is 831. The number of ether oxygens (including phenoxy) is 1. The zero-order valence-electron chi connectivity index (χ0n) is 17.1. The van der Waals surface area contributed by atoms with Gasteiger partial charge in [-0.2, -0.15) is 0 Å². The summed E-state index contributed by atoms with van der Waals surface area (Å²) in [5.74, 6) is -0.139. The number of rotatable bonds is 6. The highest BCUT2D eigenvalue weighted by Gasteiger charge is 2.23. The normalized spacial score (nSPS) is 14.5. The van der Waals surface area contributed by atoms with Gasteiger partial charge in [-0.25, -0.2) is 4.79 Å². The molecule has 6 heteroatoms. The van der Waals surface area contributed by atoms with Crippen molar-refractivity contribution in [3.05, 3.63) is 65.2 Å². The molecule has 0 radical (unpaired) electrons. The fourth-order valence-electron chi connectivity index (χ4n) is 3.37. The monoisotopic (exact) mass is 395 g/mol. The number of urea groups is 1. The Morgan fingerprint density at radius 2 is 1.83 bits per heavy atom. The molecule has 1 aliphatic heterocycles. The summed E-state index contributed by atoms with van der Waals surface area (Å²) in [5.41, 5.74) is 3.30. The first-order valence-corrected chi connectivity index (χ1v) is 10.2. The second-order valence-corrected chi connectivity index (χ2v) is 7.30. The highest BCUT2D eigenvalue weighted by Crippen LogP contribution is 2.20. The van der Waals surface area contributed by atoms with Crippen molar-refractivity contribution in [3.63, 3.8) is 0 Å². The molecule has 0 aromatic heterocycles. The lowest BCUT2D eigenvalue weighted by atomic mass is 10.1. The summed E-state index contributed by atoms with van der Waals surface area (Å²) >= 11 is 0. The first-order valence-electron chi connectivity index (χ1n) is 10.2. The molecule has 3 rings (SSSR count). The van der Waals surface area contributed by atoms with E-state index in [1.54, 1.807) is 17.0 Å². The van der Waals surface area contributed by atoms with Crippen LogP contribution in [0.5, 0.6) is 0 Å². The Hall–Kier alpha value is -2.86. The van der Waals surface area contributed by atoms with Gasteiger partial charge in [-0.1, -0.05) is 36.4 Å². The average molecular weight is 396 g/mol. The lowest BCUT2D eigenvalue weighted by Gasteiger charge is -2.32. The van der Waals surface area contributed by atoms with Gasteiger partial charge < -0.3 is 20.3 Å². The smallest absolute Gasteiger partial charge is 0.321 e. The van der Waals surface area contributed by atoms with Crippen molar-refractivity contribution in [2.24, 2.45) is 0 Å². The number of amides is 3. The summed E-state index contributed by atoms with van der Waals surface area (Å²) in [6.07, 6.45) is 1.80. The first kappa shape index (κ1) is 20.9. The van der Waals surface area contributed by atoms with Crippen molar-refractivity contribution < 1.29 is 14.3 Å². The standard InChI is InChI=1S/C23H29N3O3/c1-3-24-22(27)19-10-9-17(2)21(15-19)25-23(28)26-13-11-20(12-14-26)29-16-18-7-5-4-6-8-18/h4-10,15,20H,3,11-14,16H2,1-2H3,(H,24,27)(H,25,28). The van der Waals surface area contributed by atoms with Crippen molar-refractivity contribution >= 4 is 17.6 Å². The molecule has 3 amide bonds. The third-order valence-electron chi connectivity index (χ3n) is 5.14. The van der Waals surface area contributed by atoms with E-state index in [-0.39, 0.29) is 18.0 Å². The molecule has 0 saturated carbocycles. The molecule has 1 fully saturated rings. The van der Waals surface area contributed by atoms with Crippen LogP contribution in [0.1, 0.15) is 41.3 Å². The molecule has 2 aromatic rings. The highest BCUT2D eigenvalue weighted by molar-refractivity contribution is 5.97. The summed E-state index contributed by atoms with van der Waals surface area (Å²) in [6.45, 7) is 6.27. The lowest BCUT2D eigenvalue weighted by molar-refractivity contribution is 0.00540. The minimum atomic E-state index is -0.139. The Kier molecular flexibility index (Phi) is 7.25. The molecule has 0 unspecified atom stereocenters. The summed E-state index contributed by atoms with van der Waals surface area (Å²) in [6, 6.07) is 15.3. The number of nitrogens with zero attached hydrogens (tertiary/aromatic N) is 1. The summed E-state index contributed by atoms with van der Waals surface area (Å²) < 4.78 is 6.00. The molecule has 0 atom stereocenters. The number of benzene rings is 2. The van der Waals surface area contributed by atoms with Crippen LogP contribution in [0, 0.1) is 6.92 Å². The molecule has 0 aliphatic carbocycles. The molecule has 1 aliphatic rings. The maximum absolute atomic E-state index is 12.7. The second-order valence-electron chi connectivity index (χ2n) is 7.30. The topological polar surface area (TPSA) is 70.7 Å². The van der Waals surface area contributed by atoms with Crippen LogP contribution < -0.4 is 10.6 Å². The fourth-order valence-corrected chi connectivity index (χ4v) is 3.37. The molecular weight excluding hydrogens is 366 g/mol. The van der Waals surface area contributed by atoms with E-state index in [2.05, 4.69) is 22.8 Å². The van der Waals surface area contributed by atoms with E-state index in [4.69, 9.17) is 4.74 Å². The lowest BCUT2D eigenvalue weighted by Crippen LogP contribution is -2.43. The Labute approximate surface area is 172 Å². The quantitative estimate of drug-likeness (QED) is 0.778. The largest absolute Gasteiger partial charge is 0.373 e. The molecule has 0 spiro atoms. The molecule has 2 N–H and O–H groups in total. The van der Waals surface area contributed by atoms with E-state index < -0.39 is 0 Å². The van der Waals surface area contributed by atoms with Gasteiger partial charge in [0.2, 0.25) is 0 Å². The van der Waals surface area contributed by atoms with Crippen LogP contribution in [0.25, 0.3) is 0 Å². The van der Waals surface area contributed by atoms with Gasteiger partial charge in [-0.3, -0.25) is 4.79 Å². The Morgan fingerprint density at radius 3 is 2.52 bits per heavy atom. The van der Waals surface area contributed by atoms with Crippen LogP contribution >= 0.6 is 0 Å². The molecule has 1 heterocycles. The third-order valence-corrected chi connectivity index (χ3v) is 5.14. The van der Waals surface area contributed by atoms with Gasteiger partial charge in [0.05, 0.1) is 12.7 Å². The van der Waals surface area contributed by atoms with Crippen LogP contribution in [0.2, 0.25) is 0 Å². The fraction of sp³-hybridized carbons (Fsp3) is 0.391. The van der Waals surface area contributed by atoms with E-state index in [0.717, 1.165) is 24.0 Å². The number of nitrogens with one attached hydrogen (secondary N) is 2. The van der Waals surface area contributed by atoms with Crippen molar-refractivity contribution in [2.75, 3.05) is 25.0 Å². The van der Waals surface area contributed by atoms with E-state index >= 15 is 0 Å². The van der Waals surface area contributed by atoms with Crippen molar-refractivity contribution in [3.8, 4) is 0 Å². The number of carbonyl (C=O) groups is 2. The number of piperidine rings is 1. The van der Waals surface area contributed by atoms with Crippen LogP contribution in [0.15, 0.2) is 48.5 Å². The van der Waals surface area contributed by atoms with E-state index in [0.29, 0.717) is 37.5 Å². The number of hydrogen-bond donors (Lipinski definition) is 2. The van der Waals surface area contributed by atoms with Crippen molar-refractivity contribution in [1.29, 1.82) is 0 Å². The maximum Gasteiger partial charge on any atom is 0.321 e. The van der Waals surface area contributed by atoms with Gasteiger partial charge in [0.15, 0.2) is 0 Å². The minimum Gasteiger partial charge on any atom is -0.373 e. The third kappa shape index (κ3) is 5.81. The predicted octanol–water partition coefficient (Wildman–Crippen LogP) is 3.96. The minimum absolute atomic E-state index is 0.136. The van der Waals surface area contributed by atoms with Gasteiger partial charge in [0, 0.05) is 30.9 Å². The zero-order chi connectivity index (χ0) is 20.6. The van der Waals surface area contributed by atoms with Crippen LogP contribution in [-0.2, 0) is 11.3 Å². The molecular formula is C23H29N3O3. The van der Waals surface area contributed by atoms with E-state index in [1.165, 1.54) is 0 Å². The van der Waals surface area contributed by atoms with Gasteiger partial charge >= 0.3 is 6.03 Å². The molecule has 29 heavy (non-hydrogen) atoms. The zero-order valence-corrected chi connectivity index (χ0v) is 17.1. The van der Waals surface area contributed by atoms with E-state index in [9.17, 15) is 9.59 Å². The summed E-state index contributed by atoms with van der Waals surface area (Å²) in [5, 5.41) is 5.73. The SMILES string of the molecule is CCNC(=O)c1ccc(C)c(NC(=O)N2CCC(OCc3ccccc3)CC2)c1. The molecule has 6 nitrogen and oxygen atoms in total. The predicted molar refractivity (Wildman–Crippen MR) is 114 cm³/mol. The number of likely N-dealkylation sites (tertiary alicyclic amines) is 1. The van der Waals surface area contributed by atoms with E-state index in [1.807, 2.05) is 38.1 Å². The Balaban J connectivity index is 1.51. The van der Waals surface area contributed by atoms with Gasteiger partial charge in [0.25, 0.3) is 5.91 Å². The molecule has 1 saturated heterocycles. The second kappa shape index (κ2) is 10.1. The molecule has 154 valence electrons. The number of carbonyl (C=O) groups excluding carboxylic acids is 2. The van der Waals surface area contributed by atoms with Gasteiger partial charge in [-0.05, 0) is 49.9 Å². The Morgan fingerprint density at radius 1 is 1.10 bits per heavy atom. The van der Waals surface area contributed by atoms with Crippen molar-refractivity contribution in [1.82, 2.24) is 10.2 Å². The average Bonchev–Trinajstić information content (AvgIpc) is 2.75.